The van der Waals surface area contributed by atoms with Crippen molar-refractivity contribution < 1.29 is 0 Å². The fourth-order valence-corrected chi connectivity index (χ4v) is 2.11. The lowest BCUT2D eigenvalue weighted by Crippen LogP contribution is -2.00. The van der Waals surface area contributed by atoms with Crippen LogP contribution in [0.15, 0.2) is 42.7 Å². The van der Waals surface area contributed by atoms with E-state index in [1.54, 1.807) is 4.68 Å². The summed E-state index contributed by atoms with van der Waals surface area (Å²) in [6.45, 7) is 0.721. The van der Waals surface area contributed by atoms with Gasteiger partial charge in [0.2, 0.25) is 0 Å². The van der Waals surface area contributed by atoms with Crippen LogP contribution in [0.4, 0.5) is 0 Å². The molecule has 3 aromatic rings. The fourth-order valence-electron chi connectivity index (χ4n) is 2.11. The van der Waals surface area contributed by atoms with E-state index in [4.69, 9.17) is 5.26 Å². The second-order valence-electron chi connectivity index (χ2n) is 4.31. The standard InChI is InChI=1S/C14H12N4/c1-17-6-5-13(16-17)10-18-7-4-12-3-2-11(9-15)8-14(12)18/h2-8H,10H2,1H3. The van der Waals surface area contributed by atoms with Crippen LogP contribution < -0.4 is 0 Å². The van der Waals surface area contributed by atoms with Crippen LogP contribution >= 0.6 is 0 Å². The van der Waals surface area contributed by atoms with Crippen molar-refractivity contribution >= 4 is 10.9 Å². The van der Waals surface area contributed by atoms with E-state index < -0.39 is 0 Å². The predicted molar refractivity (Wildman–Crippen MR) is 69.0 cm³/mol. The van der Waals surface area contributed by atoms with E-state index in [9.17, 15) is 0 Å². The molecule has 0 aliphatic carbocycles. The van der Waals surface area contributed by atoms with Crippen LogP contribution in [-0.4, -0.2) is 14.3 Å². The van der Waals surface area contributed by atoms with Gasteiger partial charge in [-0.15, -0.1) is 0 Å². The van der Waals surface area contributed by atoms with Gasteiger partial charge in [-0.25, -0.2) is 0 Å². The molecule has 0 saturated carbocycles. The average molecular weight is 236 g/mol. The largest absolute Gasteiger partial charge is 0.341 e. The van der Waals surface area contributed by atoms with E-state index in [1.165, 1.54) is 0 Å². The molecule has 3 rings (SSSR count). The Morgan fingerprint density at radius 1 is 1.22 bits per heavy atom. The van der Waals surface area contributed by atoms with Crippen molar-refractivity contribution in [3.05, 3.63) is 54.0 Å². The smallest absolute Gasteiger partial charge is 0.0992 e. The zero-order valence-electron chi connectivity index (χ0n) is 10.0. The first kappa shape index (κ1) is 10.6. The van der Waals surface area contributed by atoms with Gasteiger partial charge < -0.3 is 4.57 Å². The molecule has 2 heterocycles. The van der Waals surface area contributed by atoms with Gasteiger partial charge in [-0.1, -0.05) is 6.07 Å². The lowest BCUT2D eigenvalue weighted by Gasteiger charge is -2.03. The minimum absolute atomic E-state index is 0.684. The van der Waals surface area contributed by atoms with E-state index in [-0.39, 0.29) is 0 Å². The van der Waals surface area contributed by atoms with E-state index in [0.717, 1.165) is 23.1 Å². The van der Waals surface area contributed by atoms with Crippen LogP contribution in [0.5, 0.6) is 0 Å². The Kier molecular flexibility index (Phi) is 2.38. The molecule has 0 fully saturated rings. The second kappa shape index (κ2) is 4.04. The highest BCUT2D eigenvalue weighted by molar-refractivity contribution is 5.81. The van der Waals surface area contributed by atoms with Crippen LogP contribution in [0.25, 0.3) is 10.9 Å². The summed E-state index contributed by atoms with van der Waals surface area (Å²) in [7, 11) is 1.91. The minimum atomic E-state index is 0.684. The number of aromatic nitrogens is 3. The van der Waals surface area contributed by atoms with Gasteiger partial charge in [0.05, 0.1) is 23.9 Å². The second-order valence-corrected chi connectivity index (χ2v) is 4.31. The van der Waals surface area contributed by atoms with Crippen molar-refractivity contribution in [3.8, 4) is 6.07 Å². The molecule has 0 bridgehead atoms. The maximum Gasteiger partial charge on any atom is 0.0992 e. The molecule has 2 aromatic heterocycles. The van der Waals surface area contributed by atoms with Gasteiger partial charge in [0, 0.05) is 25.0 Å². The van der Waals surface area contributed by atoms with E-state index in [1.807, 2.05) is 43.7 Å². The molecule has 0 spiro atoms. The Balaban J connectivity index is 2.04. The number of rotatable bonds is 2. The number of nitrogens with zero attached hydrogens (tertiary/aromatic N) is 4. The maximum absolute atomic E-state index is 8.94. The van der Waals surface area contributed by atoms with Crippen LogP contribution in [0.2, 0.25) is 0 Å². The molecule has 1 aromatic carbocycles. The first-order valence-corrected chi connectivity index (χ1v) is 5.74. The zero-order chi connectivity index (χ0) is 12.5. The number of benzene rings is 1. The first-order chi connectivity index (χ1) is 8.76. The summed E-state index contributed by atoms with van der Waals surface area (Å²) >= 11 is 0. The zero-order valence-corrected chi connectivity index (χ0v) is 10.0. The molecule has 0 N–H and O–H groups in total. The number of hydrogen-bond donors (Lipinski definition) is 0. The molecule has 18 heavy (non-hydrogen) atoms. The summed E-state index contributed by atoms with van der Waals surface area (Å²) < 4.78 is 3.90. The predicted octanol–water partition coefficient (Wildman–Crippen LogP) is 2.29. The topological polar surface area (TPSA) is 46.5 Å². The molecule has 0 saturated heterocycles. The van der Waals surface area contributed by atoms with Crippen LogP contribution in [0, 0.1) is 11.3 Å². The molecule has 0 amide bonds. The highest BCUT2D eigenvalue weighted by atomic mass is 15.3. The highest BCUT2D eigenvalue weighted by Gasteiger charge is 2.04. The first-order valence-electron chi connectivity index (χ1n) is 5.74. The maximum atomic E-state index is 8.94. The molecular weight excluding hydrogens is 224 g/mol. The van der Waals surface area contributed by atoms with Crippen molar-refractivity contribution in [1.82, 2.24) is 14.3 Å². The molecular formula is C14H12N4. The Labute approximate surface area is 105 Å². The van der Waals surface area contributed by atoms with Gasteiger partial charge in [0.15, 0.2) is 0 Å². The Morgan fingerprint density at radius 2 is 2.11 bits per heavy atom. The Morgan fingerprint density at radius 3 is 2.83 bits per heavy atom. The monoisotopic (exact) mass is 236 g/mol. The van der Waals surface area contributed by atoms with Gasteiger partial charge in [-0.3, -0.25) is 4.68 Å². The molecule has 0 unspecified atom stereocenters. The van der Waals surface area contributed by atoms with E-state index >= 15 is 0 Å². The number of nitriles is 1. The lowest BCUT2D eigenvalue weighted by atomic mass is 10.2. The van der Waals surface area contributed by atoms with Crippen LogP contribution in [0.3, 0.4) is 0 Å². The summed E-state index contributed by atoms with van der Waals surface area (Å²) in [6.07, 6.45) is 3.96. The Hall–Kier alpha value is -2.54. The molecule has 88 valence electrons. The van der Waals surface area contributed by atoms with Crippen molar-refractivity contribution in [1.29, 1.82) is 5.26 Å². The van der Waals surface area contributed by atoms with Gasteiger partial charge in [0.1, 0.15) is 0 Å². The number of fused-ring (bicyclic) bond motifs is 1. The third-order valence-corrected chi connectivity index (χ3v) is 3.00. The van der Waals surface area contributed by atoms with Crippen molar-refractivity contribution in [2.45, 2.75) is 6.54 Å². The molecule has 0 aliphatic rings. The summed E-state index contributed by atoms with van der Waals surface area (Å²) in [5, 5.41) is 14.5. The van der Waals surface area contributed by atoms with Gasteiger partial charge in [0.25, 0.3) is 0 Å². The quantitative estimate of drug-likeness (QED) is 0.685. The SMILES string of the molecule is Cn1ccc(Cn2ccc3ccc(C#N)cc32)n1. The highest BCUT2D eigenvalue weighted by Crippen LogP contribution is 2.18. The van der Waals surface area contributed by atoms with Crippen molar-refractivity contribution in [3.63, 3.8) is 0 Å². The Bertz CT molecular complexity index is 743. The third-order valence-electron chi connectivity index (χ3n) is 3.00. The van der Waals surface area contributed by atoms with Crippen LogP contribution in [0.1, 0.15) is 11.3 Å². The molecule has 4 heteroatoms. The van der Waals surface area contributed by atoms with Crippen molar-refractivity contribution in [2.24, 2.45) is 7.05 Å². The summed E-state index contributed by atoms with van der Waals surface area (Å²) in [5.41, 5.74) is 2.76. The van der Waals surface area contributed by atoms with Gasteiger partial charge in [-0.05, 0) is 29.7 Å². The number of hydrogen-bond acceptors (Lipinski definition) is 2. The normalized spacial score (nSPS) is 10.7. The minimum Gasteiger partial charge on any atom is -0.341 e. The van der Waals surface area contributed by atoms with Gasteiger partial charge in [-0.2, -0.15) is 10.4 Å². The third kappa shape index (κ3) is 1.76. The molecule has 4 nitrogen and oxygen atoms in total. The van der Waals surface area contributed by atoms with Gasteiger partial charge >= 0.3 is 0 Å². The lowest BCUT2D eigenvalue weighted by molar-refractivity contribution is 0.716. The summed E-state index contributed by atoms with van der Waals surface area (Å²) in [6, 6.07) is 12.0. The van der Waals surface area contributed by atoms with E-state index in [0.29, 0.717) is 5.56 Å². The van der Waals surface area contributed by atoms with E-state index in [2.05, 4.69) is 21.8 Å². The van der Waals surface area contributed by atoms with Crippen LogP contribution in [-0.2, 0) is 13.6 Å². The molecule has 0 aliphatic heterocycles. The summed E-state index contributed by atoms with van der Waals surface area (Å²) in [4.78, 5) is 0. The summed E-state index contributed by atoms with van der Waals surface area (Å²) in [5.74, 6) is 0. The molecule has 0 atom stereocenters. The number of aryl methyl sites for hydroxylation is 1. The van der Waals surface area contributed by atoms with Crippen molar-refractivity contribution in [2.75, 3.05) is 0 Å². The fraction of sp³-hybridized carbons (Fsp3) is 0.143. The molecule has 0 radical (unpaired) electrons. The average Bonchev–Trinajstić information content (AvgIpc) is 2.96.